The highest BCUT2D eigenvalue weighted by atomic mass is 31.2. The van der Waals surface area contributed by atoms with Crippen LogP contribution >= 0.6 is 15.6 Å². The molecule has 4 unspecified atom stereocenters. The van der Waals surface area contributed by atoms with Gasteiger partial charge < -0.3 is 33.8 Å². The van der Waals surface area contributed by atoms with Gasteiger partial charge in [0.2, 0.25) is 0 Å². The molecule has 0 bridgehead atoms. The fourth-order valence-corrected chi connectivity index (χ4v) is 14.5. The summed E-state index contributed by atoms with van der Waals surface area (Å²) in [5.74, 6) is 1.05. The molecule has 3 N–H and O–H groups in total. The van der Waals surface area contributed by atoms with Crippen LogP contribution in [0, 0.1) is 23.7 Å². The van der Waals surface area contributed by atoms with E-state index in [-0.39, 0.29) is 25.7 Å². The summed E-state index contributed by atoms with van der Waals surface area (Å²) in [7, 11) is -9.92. The molecule has 0 aliphatic rings. The van der Waals surface area contributed by atoms with Gasteiger partial charge in [-0.25, -0.2) is 9.13 Å². The zero-order valence-electron chi connectivity index (χ0n) is 68.0. The lowest BCUT2D eigenvalue weighted by molar-refractivity contribution is -0.161. The lowest BCUT2D eigenvalue weighted by Gasteiger charge is -2.21. The highest BCUT2D eigenvalue weighted by Crippen LogP contribution is 2.45. The molecule has 19 heteroatoms. The molecule has 7 atom stereocenters. The maximum Gasteiger partial charge on any atom is 0.472 e. The summed E-state index contributed by atoms with van der Waals surface area (Å²) in [6.45, 7) is 14.3. The molecular weight excluding hydrogens is 1340 g/mol. The number of unbranched alkanes of at least 4 members (excludes halogenated alkanes) is 45. The highest BCUT2D eigenvalue weighted by Gasteiger charge is 2.30. The van der Waals surface area contributed by atoms with Crippen LogP contribution in [0.4, 0.5) is 0 Å². The number of esters is 4. The molecule has 0 aliphatic carbocycles. The predicted octanol–water partition coefficient (Wildman–Crippen LogP) is 25.2. The fourth-order valence-electron chi connectivity index (χ4n) is 12.9. The Balaban J connectivity index is 5.17. The van der Waals surface area contributed by atoms with E-state index < -0.39 is 97.5 Å². The molecule has 0 radical (unpaired) electrons. The van der Waals surface area contributed by atoms with Gasteiger partial charge in [-0.2, -0.15) is 0 Å². The molecule has 0 aliphatic heterocycles. The van der Waals surface area contributed by atoms with Crippen molar-refractivity contribution in [3.8, 4) is 0 Å². The average Bonchev–Trinajstić information content (AvgIpc) is 1.03. The molecule has 17 nitrogen and oxygen atoms in total. The van der Waals surface area contributed by atoms with Gasteiger partial charge in [0.05, 0.1) is 26.4 Å². The summed E-state index contributed by atoms with van der Waals surface area (Å²) in [5.41, 5.74) is 0. The second-order valence-corrected chi connectivity index (χ2v) is 34.6. The van der Waals surface area contributed by atoms with Gasteiger partial charge >= 0.3 is 39.5 Å². The topological polar surface area (TPSA) is 237 Å². The summed E-state index contributed by atoms with van der Waals surface area (Å²) in [6.07, 6.45) is 61.2. The van der Waals surface area contributed by atoms with E-state index in [4.69, 9.17) is 37.0 Å². The standard InChI is InChI=1S/C84H164O17P2/c1-9-76(7)62-54-46-37-31-25-19-15-13-11-12-14-16-21-27-33-39-48-56-64-81(86)94-70-79(100-84(89)67-59-51-41-35-29-23-24-30-36-44-52-60-74(3)4)72-98-102(90,91)96-68-78(85)69-97-103(92,93)99-73-80(71-95-82(87)65-57-49-43-42-45-53-61-75(5)6)101-83(88)66-58-50-40-34-28-22-18-17-20-26-32-38-47-55-63-77(8)10-2/h74-80,85H,9-73H2,1-8H3,(H,90,91)(H,92,93)/t76?,77?,78-,79-,80-/m1/s1. The minimum atomic E-state index is -4.96. The van der Waals surface area contributed by atoms with Crippen LogP contribution in [0.25, 0.3) is 0 Å². The van der Waals surface area contributed by atoms with E-state index >= 15 is 0 Å². The lowest BCUT2D eigenvalue weighted by atomic mass is 9.99. The van der Waals surface area contributed by atoms with Gasteiger partial charge in [0, 0.05) is 25.7 Å². The molecule has 0 saturated carbocycles. The molecule has 0 rings (SSSR count). The number of rotatable bonds is 81. The summed E-state index contributed by atoms with van der Waals surface area (Å²) in [6, 6.07) is 0. The van der Waals surface area contributed by atoms with Crippen molar-refractivity contribution < 1.29 is 80.2 Å². The van der Waals surface area contributed by atoms with E-state index in [1.807, 2.05) is 0 Å². The van der Waals surface area contributed by atoms with E-state index in [0.717, 1.165) is 114 Å². The molecule has 0 saturated heterocycles. The van der Waals surface area contributed by atoms with Crippen molar-refractivity contribution in [1.82, 2.24) is 0 Å². The molecule has 0 amide bonds. The molecule has 0 fully saturated rings. The lowest BCUT2D eigenvalue weighted by Crippen LogP contribution is -2.30. The van der Waals surface area contributed by atoms with Crippen molar-refractivity contribution in [1.29, 1.82) is 0 Å². The zero-order chi connectivity index (χ0) is 76.0. The van der Waals surface area contributed by atoms with Crippen LogP contribution < -0.4 is 0 Å². The van der Waals surface area contributed by atoms with Crippen molar-refractivity contribution in [2.75, 3.05) is 39.6 Å². The van der Waals surface area contributed by atoms with Gasteiger partial charge in [0.15, 0.2) is 12.2 Å². The van der Waals surface area contributed by atoms with Crippen molar-refractivity contribution in [3.05, 3.63) is 0 Å². The SMILES string of the molecule is CCC(C)CCCCCCCCCCCCCCCCCCCCC(=O)OC[C@H](COP(=O)(O)OC[C@@H](O)COP(=O)(O)OC[C@@H](COC(=O)CCCCCCCCC(C)C)OC(=O)CCCCCCCCCCCCCCCCC(C)CC)OC(=O)CCCCCCCCCCCCCC(C)C. The molecule has 0 aromatic rings. The maximum absolute atomic E-state index is 13.1. The largest absolute Gasteiger partial charge is 0.472 e. The van der Waals surface area contributed by atoms with Crippen LogP contribution in [-0.2, 0) is 65.4 Å². The molecule has 0 heterocycles. The Morgan fingerprint density at radius 1 is 0.272 bits per heavy atom. The zero-order valence-corrected chi connectivity index (χ0v) is 69.7. The van der Waals surface area contributed by atoms with Crippen LogP contribution in [-0.4, -0.2) is 96.7 Å². The van der Waals surface area contributed by atoms with Crippen LogP contribution in [0.1, 0.15) is 434 Å². The first-order valence-corrected chi connectivity index (χ1v) is 46.3. The smallest absolute Gasteiger partial charge is 0.462 e. The van der Waals surface area contributed by atoms with Crippen LogP contribution in [0.5, 0.6) is 0 Å². The number of aliphatic hydroxyl groups excluding tert-OH is 1. The number of hydrogen-bond donors (Lipinski definition) is 3. The Morgan fingerprint density at radius 2 is 0.466 bits per heavy atom. The van der Waals surface area contributed by atoms with E-state index in [0.29, 0.717) is 31.6 Å². The molecule has 103 heavy (non-hydrogen) atoms. The maximum atomic E-state index is 13.1. The molecule has 0 aromatic heterocycles. The number of aliphatic hydroxyl groups is 1. The summed E-state index contributed by atoms with van der Waals surface area (Å²) in [5, 5.41) is 10.7. The van der Waals surface area contributed by atoms with Gasteiger partial charge in [-0.3, -0.25) is 37.3 Å². The number of carbonyl (C=O) groups is 4. The van der Waals surface area contributed by atoms with Crippen LogP contribution in [0.2, 0.25) is 0 Å². The van der Waals surface area contributed by atoms with Gasteiger partial charge in [-0.15, -0.1) is 0 Å². The first-order valence-electron chi connectivity index (χ1n) is 43.3. The Labute approximate surface area is 632 Å². The van der Waals surface area contributed by atoms with Crippen molar-refractivity contribution in [2.24, 2.45) is 23.7 Å². The second kappa shape index (κ2) is 72.9. The van der Waals surface area contributed by atoms with Gasteiger partial charge in [0.1, 0.15) is 19.3 Å². The Morgan fingerprint density at radius 3 is 0.689 bits per heavy atom. The minimum Gasteiger partial charge on any atom is -0.462 e. The number of hydrogen-bond acceptors (Lipinski definition) is 15. The second-order valence-electron chi connectivity index (χ2n) is 31.7. The molecule has 0 aromatic carbocycles. The number of ether oxygens (including phenoxy) is 4. The molecule has 0 spiro atoms. The first kappa shape index (κ1) is 101. The quantitative estimate of drug-likeness (QED) is 0.0222. The van der Waals surface area contributed by atoms with E-state index in [9.17, 15) is 43.2 Å². The van der Waals surface area contributed by atoms with Gasteiger partial charge in [0.25, 0.3) is 0 Å². The Bertz CT molecular complexity index is 2010. The highest BCUT2D eigenvalue weighted by molar-refractivity contribution is 7.47. The predicted molar refractivity (Wildman–Crippen MR) is 423 cm³/mol. The third-order valence-corrected chi connectivity index (χ3v) is 22.2. The molecular formula is C84H164O17P2. The van der Waals surface area contributed by atoms with E-state index in [1.165, 1.54) is 231 Å². The Hall–Kier alpha value is -1.94. The summed E-state index contributed by atoms with van der Waals surface area (Å²) >= 11 is 0. The normalized spacial score (nSPS) is 14.5. The number of phosphoric ester groups is 2. The Kier molecular flexibility index (Phi) is 71.5. The van der Waals surface area contributed by atoms with Crippen LogP contribution in [0.3, 0.4) is 0 Å². The monoisotopic (exact) mass is 1510 g/mol. The summed E-state index contributed by atoms with van der Waals surface area (Å²) in [4.78, 5) is 73.1. The van der Waals surface area contributed by atoms with E-state index in [1.54, 1.807) is 0 Å². The number of carbonyl (C=O) groups excluding carboxylic acids is 4. The summed E-state index contributed by atoms with van der Waals surface area (Å²) < 4.78 is 68.8. The van der Waals surface area contributed by atoms with E-state index in [2.05, 4.69) is 55.4 Å². The van der Waals surface area contributed by atoms with Crippen LogP contribution in [0.15, 0.2) is 0 Å². The first-order chi connectivity index (χ1) is 49.7. The van der Waals surface area contributed by atoms with Gasteiger partial charge in [-0.05, 0) is 49.4 Å². The number of phosphoric acid groups is 2. The molecule has 612 valence electrons. The minimum absolute atomic E-state index is 0.106. The third-order valence-electron chi connectivity index (χ3n) is 20.3. The van der Waals surface area contributed by atoms with Crippen molar-refractivity contribution in [3.63, 3.8) is 0 Å². The van der Waals surface area contributed by atoms with Gasteiger partial charge in [-0.1, -0.05) is 383 Å². The van der Waals surface area contributed by atoms with Crippen molar-refractivity contribution in [2.45, 2.75) is 453 Å². The fraction of sp³-hybridized carbons (Fsp3) is 0.952. The third kappa shape index (κ3) is 75.3. The average molecular weight is 1510 g/mol. The van der Waals surface area contributed by atoms with Crippen molar-refractivity contribution >= 4 is 39.5 Å².